The molecule has 1 saturated heterocycles. The molecule has 1 aliphatic rings. The Morgan fingerprint density at radius 1 is 1.44 bits per heavy atom. The normalized spacial score (nSPS) is 16.7. The molecule has 0 saturated carbocycles. The molecular formula is C14H18FNO2. The number of ether oxygens (including phenoxy) is 1. The molecule has 2 rings (SSSR count). The molecule has 0 amide bonds. The van der Waals surface area contributed by atoms with E-state index in [9.17, 15) is 9.18 Å². The predicted octanol–water partition coefficient (Wildman–Crippen LogP) is 2.64. The lowest BCUT2D eigenvalue weighted by molar-refractivity contribution is -0.111. The molecule has 0 aliphatic carbocycles. The van der Waals surface area contributed by atoms with E-state index in [0.29, 0.717) is 18.0 Å². The molecular weight excluding hydrogens is 233 g/mol. The first-order chi connectivity index (χ1) is 8.74. The third-order valence-electron chi connectivity index (χ3n) is 3.30. The highest BCUT2D eigenvalue weighted by Crippen LogP contribution is 2.27. The molecule has 1 aromatic carbocycles. The van der Waals surface area contributed by atoms with Crippen molar-refractivity contribution in [3.63, 3.8) is 0 Å². The van der Waals surface area contributed by atoms with Gasteiger partial charge in [-0.1, -0.05) is 0 Å². The minimum atomic E-state index is -0.259. The first-order valence-electron chi connectivity index (χ1n) is 6.37. The molecule has 0 bridgehead atoms. The van der Waals surface area contributed by atoms with Gasteiger partial charge in [0.1, 0.15) is 17.9 Å². The van der Waals surface area contributed by atoms with Crippen molar-refractivity contribution >= 4 is 12.0 Å². The summed E-state index contributed by atoms with van der Waals surface area (Å²) in [5.74, 6) is 0.430. The fraction of sp³-hybridized carbons (Fsp3) is 0.500. The lowest BCUT2D eigenvalue weighted by atomic mass is 9.98. The minimum absolute atomic E-state index is 0.131. The fourth-order valence-electron chi connectivity index (χ4n) is 2.28. The van der Waals surface area contributed by atoms with Crippen LogP contribution in [0.3, 0.4) is 0 Å². The van der Waals surface area contributed by atoms with E-state index in [1.54, 1.807) is 12.1 Å². The van der Waals surface area contributed by atoms with E-state index in [1.807, 2.05) is 11.8 Å². The Kier molecular flexibility index (Phi) is 4.18. The Morgan fingerprint density at radius 2 is 2.17 bits per heavy atom. The van der Waals surface area contributed by atoms with Crippen LogP contribution >= 0.6 is 0 Å². The van der Waals surface area contributed by atoms with Crippen LogP contribution in [0.15, 0.2) is 18.2 Å². The van der Waals surface area contributed by atoms with Gasteiger partial charge >= 0.3 is 0 Å². The summed E-state index contributed by atoms with van der Waals surface area (Å²) in [4.78, 5) is 12.7. The zero-order valence-corrected chi connectivity index (χ0v) is 10.6. The summed E-state index contributed by atoms with van der Waals surface area (Å²) < 4.78 is 19.2. The van der Waals surface area contributed by atoms with Crippen molar-refractivity contribution < 1.29 is 13.9 Å². The maximum absolute atomic E-state index is 13.9. The molecule has 0 aromatic heterocycles. The molecule has 3 nitrogen and oxygen atoms in total. The number of rotatable bonds is 4. The van der Waals surface area contributed by atoms with Crippen LogP contribution in [-0.2, 0) is 4.79 Å². The van der Waals surface area contributed by atoms with E-state index in [2.05, 4.69) is 0 Å². The highest BCUT2D eigenvalue weighted by atomic mass is 19.1. The number of aldehydes is 1. The van der Waals surface area contributed by atoms with Gasteiger partial charge in [0.15, 0.2) is 0 Å². The smallest absolute Gasteiger partial charge is 0.150 e. The second kappa shape index (κ2) is 5.85. The number of hydrogen-bond donors (Lipinski definition) is 0. The number of benzene rings is 1. The average molecular weight is 251 g/mol. The van der Waals surface area contributed by atoms with Gasteiger partial charge in [-0.15, -0.1) is 0 Å². The Labute approximate surface area is 107 Å². The first-order valence-corrected chi connectivity index (χ1v) is 6.37. The highest BCUT2D eigenvalue weighted by Gasteiger charge is 2.20. The van der Waals surface area contributed by atoms with Gasteiger partial charge in [0, 0.05) is 25.1 Å². The molecule has 1 fully saturated rings. The van der Waals surface area contributed by atoms with Crippen molar-refractivity contribution in [1.29, 1.82) is 0 Å². The highest BCUT2D eigenvalue weighted by molar-refractivity contribution is 5.56. The maximum atomic E-state index is 13.9. The van der Waals surface area contributed by atoms with Crippen LogP contribution in [0.2, 0.25) is 0 Å². The lowest BCUT2D eigenvalue weighted by Gasteiger charge is -2.31. The Hall–Kier alpha value is -1.58. The molecule has 0 atom stereocenters. The van der Waals surface area contributed by atoms with Crippen LogP contribution in [0.5, 0.6) is 5.75 Å². The van der Waals surface area contributed by atoms with Crippen molar-refractivity contribution in [3.8, 4) is 5.75 Å². The van der Waals surface area contributed by atoms with Gasteiger partial charge in [0.25, 0.3) is 0 Å². The van der Waals surface area contributed by atoms with E-state index < -0.39 is 0 Å². The van der Waals surface area contributed by atoms with E-state index in [-0.39, 0.29) is 11.7 Å². The van der Waals surface area contributed by atoms with Crippen LogP contribution in [0.25, 0.3) is 0 Å². The zero-order chi connectivity index (χ0) is 13.0. The Morgan fingerprint density at radius 3 is 2.72 bits per heavy atom. The zero-order valence-electron chi connectivity index (χ0n) is 10.6. The van der Waals surface area contributed by atoms with Crippen molar-refractivity contribution in [2.45, 2.75) is 19.8 Å². The number of carbonyl (C=O) groups excluding carboxylic acids is 1. The molecule has 0 N–H and O–H groups in total. The van der Waals surface area contributed by atoms with Crippen LogP contribution < -0.4 is 9.64 Å². The number of halogens is 1. The van der Waals surface area contributed by atoms with Crippen molar-refractivity contribution in [2.75, 3.05) is 24.6 Å². The Bertz CT molecular complexity index is 414. The summed E-state index contributed by atoms with van der Waals surface area (Å²) in [5, 5.41) is 0. The van der Waals surface area contributed by atoms with Gasteiger partial charge < -0.3 is 14.4 Å². The molecule has 1 heterocycles. The molecule has 0 radical (unpaired) electrons. The third kappa shape index (κ3) is 2.81. The van der Waals surface area contributed by atoms with Crippen molar-refractivity contribution in [2.24, 2.45) is 5.92 Å². The quantitative estimate of drug-likeness (QED) is 0.770. The Balaban J connectivity index is 2.07. The van der Waals surface area contributed by atoms with Gasteiger partial charge in [-0.05, 0) is 31.9 Å². The second-order valence-electron chi connectivity index (χ2n) is 4.51. The number of nitrogens with zero attached hydrogens (tertiary/aromatic N) is 1. The van der Waals surface area contributed by atoms with Gasteiger partial charge in [-0.2, -0.15) is 0 Å². The topological polar surface area (TPSA) is 29.5 Å². The van der Waals surface area contributed by atoms with Gasteiger partial charge in [-0.25, -0.2) is 4.39 Å². The summed E-state index contributed by atoms with van der Waals surface area (Å²) in [7, 11) is 0. The van der Waals surface area contributed by atoms with E-state index in [1.165, 1.54) is 6.07 Å². The summed E-state index contributed by atoms with van der Waals surface area (Å²) in [5.41, 5.74) is 0.600. The molecule has 0 unspecified atom stereocenters. The van der Waals surface area contributed by atoms with Crippen molar-refractivity contribution in [3.05, 3.63) is 24.0 Å². The molecule has 1 aromatic rings. The third-order valence-corrected chi connectivity index (χ3v) is 3.30. The average Bonchev–Trinajstić information content (AvgIpc) is 2.40. The van der Waals surface area contributed by atoms with Gasteiger partial charge in [0.2, 0.25) is 0 Å². The fourth-order valence-corrected chi connectivity index (χ4v) is 2.28. The van der Waals surface area contributed by atoms with Crippen molar-refractivity contribution in [1.82, 2.24) is 0 Å². The lowest BCUT2D eigenvalue weighted by Crippen LogP contribution is -2.34. The predicted molar refractivity (Wildman–Crippen MR) is 68.6 cm³/mol. The monoisotopic (exact) mass is 251 g/mol. The SMILES string of the molecule is CCOc1ccc(N2CCC(C=O)CC2)c(F)c1. The summed E-state index contributed by atoms with van der Waals surface area (Å²) in [6.45, 7) is 3.86. The largest absolute Gasteiger partial charge is 0.494 e. The number of carbonyl (C=O) groups is 1. The number of hydrogen-bond acceptors (Lipinski definition) is 3. The molecule has 18 heavy (non-hydrogen) atoms. The van der Waals surface area contributed by atoms with E-state index in [4.69, 9.17) is 4.74 Å². The van der Waals surface area contributed by atoms with Crippen LogP contribution in [0, 0.1) is 11.7 Å². The second-order valence-corrected chi connectivity index (χ2v) is 4.51. The van der Waals surface area contributed by atoms with Gasteiger partial charge in [0.05, 0.1) is 12.3 Å². The standard InChI is InChI=1S/C14H18FNO2/c1-2-18-12-3-4-14(13(15)9-12)16-7-5-11(10-17)6-8-16/h3-4,9-11H,2,5-8H2,1H3. The number of anilines is 1. The first kappa shape index (κ1) is 12.9. The van der Waals surface area contributed by atoms with E-state index >= 15 is 0 Å². The van der Waals surface area contributed by atoms with Gasteiger partial charge in [-0.3, -0.25) is 0 Å². The summed E-state index contributed by atoms with van der Waals surface area (Å²) >= 11 is 0. The van der Waals surface area contributed by atoms with Crippen LogP contribution in [0.4, 0.5) is 10.1 Å². The summed E-state index contributed by atoms with van der Waals surface area (Å²) in [6, 6.07) is 4.96. The summed E-state index contributed by atoms with van der Waals surface area (Å²) in [6.07, 6.45) is 2.61. The molecule has 98 valence electrons. The molecule has 1 aliphatic heterocycles. The van der Waals surface area contributed by atoms with E-state index in [0.717, 1.165) is 32.2 Å². The van der Waals surface area contributed by atoms with Crippen LogP contribution in [-0.4, -0.2) is 26.0 Å². The van der Waals surface area contributed by atoms with Crippen LogP contribution in [0.1, 0.15) is 19.8 Å². The number of piperidine rings is 1. The minimum Gasteiger partial charge on any atom is -0.494 e. The maximum Gasteiger partial charge on any atom is 0.150 e. The molecule has 0 spiro atoms. The molecule has 4 heteroatoms.